The molecule has 0 spiro atoms. The second-order valence-corrected chi connectivity index (χ2v) is 8.24. The Kier molecular flexibility index (Phi) is 5.49. The molecule has 0 fully saturated rings. The van der Waals surface area contributed by atoms with E-state index in [2.05, 4.69) is 5.32 Å². The van der Waals surface area contributed by atoms with Crippen LogP contribution in [0, 0.1) is 0 Å². The van der Waals surface area contributed by atoms with Gasteiger partial charge in [0.2, 0.25) is 0 Å². The Balaban J connectivity index is 2.14. The van der Waals surface area contributed by atoms with Crippen molar-refractivity contribution < 1.29 is 18.0 Å². The fraction of sp³-hybridized carbons (Fsp3) is 0.167. The number of halogens is 1. The first-order chi connectivity index (χ1) is 12.5. The smallest absolute Gasteiger partial charge is 0.356 e. The Hall–Kier alpha value is -2.11. The molecule has 0 aliphatic rings. The highest BCUT2D eigenvalue weighted by Gasteiger charge is 2.38. The summed E-state index contributed by atoms with van der Waals surface area (Å²) in [5.74, 6) is -1.06. The third-order valence-corrected chi connectivity index (χ3v) is 6.28. The van der Waals surface area contributed by atoms with Crippen molar-refractivity contribution in [2.45, 2.75) is 5.78 Å². The van der Waals surface area contributed by atoms with Gasteiger partial charge in [-0.05, 0) is 36.4 Å². The molecule has 0 saturated carbocycles. The van der Waals surface area contributed by atoms with Crippen LogP contribution in [0.5, 0.6) is 0 Å². The van der Waals surface area contributed by atoms with Gasteiger partial charge in [0.1, 0.15) is 11.8 Å². The van der Waals surface area contributed by atoms with Gasteiger partial charge >= 0.3 is 7.60 Å². The summed E-state index contributed by atoms with van der Waals surface area (Å²) >= 11 is 5.90. The maximum atomic E-state index is 13.1. The van der Waals surface area contributed by atoms with E-state index in [0.29, 0.717) is 21.7 Å². The Labute approximate surface area is 155 Å². The molecule has 3 aromatic rings. The molecule has 3 rings (SSSR count). The van der Waals surface area contributed by atoms with Crippen LogP contribution in [-0.2, 0) is 13.6 Å². The number of para-hydroxylation sites is 1. The van der Waals surface area contributed by atoms with Crippen molar-refractivity contribution in [3.63, 3.8) is 0 Å². The van der Waals surface area contributed by atoms with Gasteiger partial charge in [-0.15, -0.1) is 0 Å². The zero-order valence-corrected chi connectivity index (χ0v) is 15.8. The number of rotatable bonds is 6. The standard InChI is InChI=1S/C18H17ClNO5P/c1-23-26(22,24-2)18(20-13-9-7-12(19)8-10-13)15-11-25-16-6-4-3-5-14(16)17(15)21/h3-11,18,20H,1-2H3. The summed E-state index contributed by atoms with van der Waals surface area (Å²) in [6, 6.07) is 13.6. The average Bonchev–Trinajstić information content (AvgIpc) is 2.68. The van der Waals surface area contributed by atoms with Crippen LogP contribution in [-0.4, -0.2) is 14.2 Å². The van der Waals surface area contributed by atoms with Gasteiger partial charge in [0.15, 0.2) is 11.2 Å². The molecule has 0 aliphatic carbocycles. The summed E-state index contributed by atoms with van der Waals surface area (Å²) in [6.07, 6.45) is 1.28. The van der Waals surface area contributed by atoms with Crippen molar-refractivity contribution in [2.75, 3.05) is 19.5 Å². The van der Waals surface area contributed by atoms with Gasteiger partial charge in [0.25, 0.3) is 0 Å². The Morgan fingerprint density at radius 1 is 1.08 bits per heavy atom. The van der Waals surface area contributed by atoms with E-state index in [1.165, 1.54) is 20.5 Å². The number of benzene rings is 2. The molecule has 1 unspecified atom stereocenters. The van der Waals surface area contributed by atoms with Crippen LogP contribution in [0.25, 0.3) is 11.0 Å². The van der Waals surface area contributed by atoms with Crippen molar-refractivity contribution in [1.82, 2.24) is 0 Å². The van der Waals surface area contributed by atoms with Crippen LogP contribution in [0.1, 0.15) is 11.3 Å². The molecule has 0 radical (unpaired) electrons. The second kappa shape index (κ2) is 7.64. The first-order valence-electron chi connectivity index (χ1n) is 7.72. The third-order valence-electron chi connectivity index (χ3n) is 3.97. The summed E-state index contributed by atoms with van der Waals surface area (Å²) in [4.78, 5) is 12.9. The van der Waals surface area contributed by atoms with Crippen LogP contribution < -0.4 is 10.7 Å². The first kappa shape index (κ1) is 18.7. The van der Waals surface area contributed by atoms with Gasteiger partial charge in [-0.25, -0.2) is 0 Å². The maximum Gasteiger partial charge on any atom is 0.356 e. The summed E-state index contributed by atoms with van der Waals surface area (Å²) in [5, 5.41) is 3.97. The molecule has 1 atom stereocenters. The second-order valence-electron chi connectivity index (χ2n) is 5.48. The highest BCUT2D eigenvalue weighted by atomic mass is 35.5. The van der Waals surface area contributed by atoms with Crippen LogP contribution in [0.3, 0.4) is 0 Å². The summed E-state index contributed by atoms with van der Waals surface area (Å²) in [5.41, 5.74) is 0.871. The Morgan fingerprint density at radius 3 is 2.38 bits per heavy atom. The predicted molar refractivity (Wildman–Crippen MR) is 102 cm³/mol. The number of anilines is 1. The molecule has 26 heavy (non-hydrogen) atoms. The quantitative estimate of drug-likeness (QED) is 0.591. The monoisotopic (exact) mass is 393 g/mol. The maximum absolute atomic E-state index is 13.1. The van der Waals surface area contributed by atoms with E-state index in [0.717, 1.165) is 0 Å². The number of fused-ring (bicyclic) bond motifs is 1. The van der Waals surface area contributed by atoms with Gasteiger partial charge in [0, 0.05) is 24.9 Å². The third kappa shape index (κ3) is 3.55. The predicted octanol–water partition coefficient (Wildman–Crippen LogP) is 5.04. The summed E-state index contributed by atoms with van der Waals surface area (Å²) in [7, 11) is -1.16. The van der Waals surface area contributed by atoms with E-state index in [1.807, 2.05) is 0 Å². The lowest BCUT2D eigenvalue weighted by atomic mass is 10.1. The van der Waals surface area contributed by atoms with Crippen LogP contribution in [0.15, 0.2) is 64.0 Å². The van der Waals surface area contributed by atoms with Gasteiger partial charge in [0.05, 0.1) is 10.9 Å². The van der Waals surface area contributed by atoms with Crippen LogP contribution in [0.2, 0.25) is 5.02 Å². The average molecular weight is 394 g/mol. The topological polar surface area (TPSA) is 77.8 Å². The minimum atomic E-state index is -3.70. The lowest BCUT2D eigenvalue weighted by Gasteiger charge is -2.25. The zero-order valence-electron chi connectivity index (χ0n) is 14.1. The van der Waals surface area contributed by atoms with Gasteiger partial charge in [-0.1, -0.05) is 23.7 Å². The van der Waals surface area contributed by atoms with Gasteiger partial charge in [-0.3, -0.25) is 9.36 Å². The summed E-state index contributed by atoms with van der Waals surface area (Å²) < 4.78 is 28.9. The number of hydrogen-bond donors (Lipinski definition) is 1. The largest absolute Gasteiger partial charge is 0.464 e. The highest BCUT2D eigenvalue weighted by Crippen LogP contribution is 2.59. The van der Waals surface area contributed by atoms with Crippen molar-refractivity contribution in [3.05, 3.63) is 75.6 Å². The fourth-order valence-electron chi connectivity index (χ4n) is 2.60. The normalized spacial score (nSPS) is 12.9. The van der Waals surface area contributed by atoms with E-state index >= 15 is 0 Å². The molecule has 1 aromatic heterocycles. The minimum Gasteiger partial charge on any atom is -0.464 e. The lowest BCUT2D eigenvalue weighted by Crippen LogP contribution is -2.21. The van der Waals surface area contributed by atoms with E-state index in [4.69, 9.17) is 25.1 Å². The molecule has 136 valence electrons. The molecule has 8 heteroatoms. The first-order valence-corrected chi connectivity index (χ1v) is 9.71. The fourth-order valence-corrected chi connectivity index (χ4v) is 4.12. The SMILES string of the molecule is COP(=O)(OC)C(Nc1ccc(Cl)cc1)c1coc2ccccc2c1=O. The molecule has 1 heterocycles. The van der Waals surface area contributed by atoms with E-state index in [9.17, 15) is 9.36 Å². The van der Waals surface area contributed by atoms with E-state index in [-0.39, 0.29) is 11.0 Å². The number of hydrogen-bond acceptors (Lipinski definition) is 6. The molecule has 0 aliphatic heterocycles. The molecule has 6 nitrogen and oxygen atoms in total. The summed E-state index contributed by atoms with van der Waals surface area (Å²) in [6.45, 7) is 0. The highest BCUT2D eigenvalue weighted by molar-refractivity contribution is 7.54. The molecule has 2 aromatic carbocycles. The van der Waals surface area contributed by atoms with E-state index in [1.54, 1.807) is 48.5 Å². The van der Waals surface area contributed by atoms with Crippen molar-refractivity contribution in [1.29, 1.82) is 0 Å². The van der Waals surface area contributed by atoms with Crippen LogP contribution in [0.4, 0.5) is 5.69 Å². The number of nitrogens with one attached hydrogen (secondary N) is 1. The molecule has 0 bridgehead atoms. The lowest BCUT2D eigenvalue weighted by molar-refractivity contribution is 0.268. The van der Waals surface area contributed by atoms with Crippen LogP contribution >= 0.6 is 19.2 Å². The van der Waals surface area contributed by atoms with Crippen molar-refractivity contribution in [2.24, 2.45) is 0 Å². The zero-order chi connectivity index (χ0) is 18.7. The Bertz CT molecular complexity index is 1010. The van der Waals surface area contributed by atoms with Gasteiger partial charge in [-0.2, -0.15) is 0 Å². The molecule has 0 amide bonds. The molecule has 0 saturated heterocycles. The molecule has 1 N–H and O–H groups in total. The van der Waals surface area contributed by atoms with Crippen molar-refractivity contribution in [3.8, 4) is 0 Å². The van der Waals surface area contributed by atoms with E-state index < -0.39 is 13.4 Å². The molecular weight excluding hydrogens is 377 g/mol. The van der Waals surface area contributed by atoms with Crippen molar-refractivity contribution >= 4 is 35.9 Å². The van der Waals surface area contributed by atoms with Gasteiger partial charge < -0.3 is 18.8 Å². The Morgan fingerprint density at radius 2 is 1.73 bits per heavy atom. The molecular formula is C18H17ClNO5P. The minimum absolute atomic E-state index is 0.144.